The number of rotatable bonds is 7. The van der Waals surface area contributed by atoms with E-state index < -0.39 is 10.0 Å². The summed E-state index contributed by atoms with van der Waals surface area (Å²) in [6.45, 7) is 2.76. The molecule has 0 aliphatic carbocycles. The summed E-state index contributed by atoms with van der Waals surface area (Å²) in [5.74, 6) is 0.129. The van der Waals surface area contributed by atoms with E-state index in [2.05, 4.69) is 25.3 Å². The topological polar surface area (TPSA) is 143 Å². The van der Waals surface area contributed by atoms with E-state index in [0.717, 1.165) is 0 Å². The van der Waals surface area contributed by atoms with Gasteiger partial charge >= 0.3 is 0 Å². The first kappa shape index (κ1) is 23.6. The van der Waals surface area contributed by atoms with Crippen molar-refractivity contribution in [2.24, 2.45) is 0 Å². The van der Waals surface area contributed by atoms with Crippen LogP contribution in [0.5, 0.6) is 0 Å². The average molecular weight is 492 g/mol. The van der Waals surface area contributed by atoms with E-state index >= 15 is 0 Å². The highest BCUT2D eigenvalue weighted by Gasteiger charge is 2.16. The number of aromatic nitrogens is 2. The lowest BCUT2D eigenvalue weighted by Crippen LogP contribution is -2.13. The van der Waals surface area contributed by atoms with Crippen LogP contribution in [0.25, 0.3) is 22.8 Å². The molecule has 0 atom stereocenters. The smallest absolute Gasteiger partial charge is 0.261 e. The summed E-state index contributed by atoms with van der Waals surface area (Å²) in [5, 5.41) is 5.21. The number of nitrogens with zero attached hydrogens (tertiary/aromatic N) is 2. The second kappa shape index (κ2) is 9.77. The fraction of sp³-hybridized carbons (Fsp3) is 0.0833. The van der Waals surface area contributed by atoms with Crippen molar-refractivity contribution in [3.05, 3.63) is 73.0 Å². The lowest BCUT2D eigenvalue weighted by Gasteiger charge is -2.10. The van der Waals surface area contributed by atoms with Gasteiger partial charge in [-0.05, 0) is 42.5 Å². The number of sulfonamides is 1. The molecule has 35 heavy (non-hydrogen) atoms. The first-order valence-electron chi connectivity index (χ1n) is 10.4. The summed E-state index contributed by atoms with van der Waals surface area (Å²) >= 11 is 0. The van der Waals surface area contributed by atoms with Crippen molar-refractivity contribution in [2.75, 3.05) is 15.4 Å². The minimum atomic E-state index is -3.86. The van der Waals surface area contributed by atoms with E-state index in [0.29, 0.717) is 34.1 Å². The van der Waals surface area contributed by atoms with Crippen LogP contribution in [0, 0.1) is 0 Å². The summed E-state index contributed by atoms with van der Waals surface area (Å²) < 4.78 is 33.7. The van der Waals surface area contributed by atoms with Crippen molar-refractivity contribution in [2.45, 2.75) is 18.7 Å². The SMILES string of the molecule is CC(=O)Nc1cccc(NS(=O)(=O)c2ccc(-c3coc(-c4cccc(NC(C)=O)n4)n3)cc2)c1. The number of hydrogen-bond donors (Lipinski definition) is 3. The molecule has 2 aromatic carbocycles. The van der Waals surface area contributed by atoms with Crippen LogP contribution in [0.3, 0.4) is 0 Å². The third-order valence-electron chi connectivity index (χ3n) is 4.67. The molecule has 0 unspecified atom stereocenters. The summed E-state index contributed by atoms with van der Waals surface area (Å²) in [5.41, 5.74) is 2.37. The molecule has 2 aromatic heterocycles. The zero-order chi connectivity index (χ0) is 25.0. The van der Waals surface area contributed by atoms with Gasteiger partial charge < -0.3 is 15.1 Å². The van der Waals surface area contributed by atoms with E-state index in [1.165, 1.54) is 38.3 Å². The number of carbonyl (C=O) groups is 2. The summed E-state index contributed by atoms with van der Waals surface area (Å²) in [7, 11) is -3.86. The molecule has 0 aliphatic heterocycles. The van der Waals surface area contributed by atoms with Gasteiger partial charge in [-0.15, -0.1) is 0 Å². The fourth-order valence-corrected chi connectivity index (χ4v) is 4.26. The predicted octanol–water partition coefficient (Wildman–Crippen LogP) is 4.12. The monoisotopic (exact) mass is 491 g/mol. The standard InChI is InChI=1S/C24H21N5O5S/c1-15(30)25-18-5-3-6-19(13-18)29-35(32,33)20-11-9-17(10-12-20)22-14-34-24(28-22)21-7-4-8-23(27-21)26-16(2)31/h3-14,29H,1-2H3,(H,25,30)(H,26,27,31). The molecule has 2 amide bonds. The number of amides is 2. The molecule has 0 spiro atoms. The minimum Gasteiger partial charge on any atom is -0.443 e. The molecule has 178 valence electrons. The fourth-order valence-electron chi connectivity index (χ4n) is 3.21. The molecule has 4 rings (SSSR count). The number of nitrogens with one attached hydrogen (secondary N) is 3. The quantitative estimate of drug-likeness (QED) is 0.353. The Kier molecular flexibility index (Phi) is 6.60. The van der Waals surface area contributed by atoms with Crippen molar-refractivity contribution in [1.29, 1.82) is 0 Å². The predicted molar refractivity (Wildman–Crippen MR) is 131 cm³/mol. The molecule has 0 radical (unpaired) electrons. The summed E-state index contributed by atoms with van der Waals surface area (Å²) in [6, 6.07) is 17.6. The molecule has 4 aromatic rings. The normalized spacial score (nSPS) is 11.0. The van der Waals surface area contributed by atoms with Crippen LogP contribution in [0.1, 0.15) is 13.8 Å². The maximum absolute atomic E-state index is 12.8. The second-order valence-electron chi connectivity index (χ2n) is 7.52. The van der Waals surface area contributed by atoms with E-state index in [4.69, 9.17) is 4.42 Å². The van der Waals surface area contributed by atoms with Crippen molar-refractivity contribution >= 4 is 39.0 Å². The Morgan fingerprint density at radius 1 is 0.800 bits per heavy atom. The zero-order valence-corrected chi connectivity index (χ0v) is 19.6. The number of carbonyl (C=O) groups excluding carboxylic acids is 2. The van der Waals surface area contributed by atoms with Gasteiger partial charge in [0.15, 0.2) is 0 Å². The van der Waals surface area contributed by atoms with Crippen molar-refractivity contribution in [1.82, 2.24) is 9.97 Å². The van der Waals surface area contributed by atoms with Gasteiger partial charge in [0.25, 0.3) is 10.0 Å². The Balaban J connectivity index is 1.51. The number of pyridine rings is 1. The third kappa shape index (κ3) is 5.89. The maximum Gasteiger partial charge on any atom is 0.261 e. The lowest BCUT2D eigenvalue weighted by molar-refractivity contribution is -0.115. The number of oxazole rings is 1. The van der Waals surface area contributed by atoms with Gasteiger partial charge in [-0.3, -0.25) is 14.3 Å². The van der Waals surface area contributed by atoms with Crippen molar-refractivity contribution in [3.8, 4) is 22.8 Å². The van der Waals surface area contributed by atoms with Crippen LogP contribution < -0.4 is 15.4 Å². The van der Waals surface area contributed by atoms with Gasteiger partial charge in [-0.1, -0.05) is 24.3 Å². The highest BCUT2D eigenvalue weighted by Crippen LogP contribution is 2.26. The van der Waals surface area contributed by atoms with Gasteiger partial charge in [0.2, 0.25) is 17.7 Å². The first-order chi connectivity index (χ1) is 16.7. The largest absolute Gasteiger partial charge is 0.443 e. The molecule has 0 saturated carbocycles. The Morgan fingerprint density at radius 2 is 1.49 bits per heavy atom. The highest BCUT2D eigenvalue weighted by molar-refractivity contribution is 7.92. The van der Waals surface area contributed by atoms with Crippen LogP contribution in [0.4, 0.5) is 17.2 Å². The van der Waals surface area contributed by atoms with Crippen LogP contribution in [0.15, 0.2) is 82.3 Å². The Morgan fingerprint density at radius 3 is 2.20 bits per heavy atom. The van der Waals surface area contributed by atoms with Gasteiger partial charge in [0.1, 0.15) is 23.5 Å². The minimum absolute atomic E-state index is 0.0552. The molecule has 10 nitrogen and oxygen atoms in total. The Bertz CT molecular complexity index is 1500. The molecule has 11 heteroatoms. The zero-order valence-electron chi connectivity index (χ0n) is 18.8. The van der Waals surface area contributed by atoms with Crippen LogP contribution in [-0.4, -0.2) is 30.2 Å². The van der Waals surface area contributed by atoms with Gasteiger partial charge in [-0.25, -0.2) is 18.4 Å². The molecule has 0 fully saturated rings. The Labute approximate surface area is 201 Å². The molecule has 0 saturated heterocycles. The Hall–Kier alpha value is -4.51. The molecule has 0 bridgehead atoms. The molecular formula is C24H21N5O5S. The second-order valence-corrected chi connectivity index (χ2v) is 9.20. The van der Waals surface area contributed by atoms with E-state index in [9.17, 15) is 18.0 Å². The maximum atomic E-state index is 12.8. The van der Waals surface area contributed by atoms with Crippen molar-refractivity contribution in [3.63, 3.8) is 0 Å². The lowest BCUT2D eigenvalue weighted by atomic mass is 10.2. The van der Waals surface area contributed by atoms with Crippen LogP contribution in [-0.2, 0) is 19.6 Å². The van der Waals surface area contributed by atoms with E-state index in [-0.39, 0.29) is 22.6 Å². The molecule has 2 heterocycles. The molecular weight excluding hydrogens is 470 g/mol. The van der Waals surface area contributed by atoms with Gasteiger partial charge in [0.05, 0.1) is 10.6 Å². The number of benzene rings is 2. The van der Waals surface area contributed by atoms with Crippen LogP contribution in [0.2, 0.25) is 0 Å². The van der Waals surface area contributed by atoms with E-state index in [1.54, 1.807) is 48.5 Å². The van der Waals surface area contributed by atoms with Gasteiger partial charge in [0, 0.05) is 25.1 Å². The summed E-state index contributed by atoms with van der Waals surface area (Å²) in [6.07, 6.45) is 1.44. The first-order valence-corrected chi connectivity index (χ1v) is 11.9. The summed E-state index contributed by atoms with van der Waals surface area (Å²) in [4.78, 5) is 31.3. The van der Waals surface area contributed by atoms with Crippen molar-refractivity contribution < 1.29 is 22.4 Å². The van der Waals surface area contributed by atoms with Gasteiger partial charge in [-0.2, -0.15) is 0 Å². The third-order valence-corrected chi connectivity index (χ3v) is 6.07. The highest BCUT2D eigenvalue weighted by atomic mass is 32.2. The van der Waals surface area contributed by atoms with Crippen LogP contribution >= 0.6 is 0 Å². The number of hydrogen-bond acceptors (Lipinski definition) is 7. The average Bonchev–Trinajstić information content (AvgIpc) is 3.29. The number of anilines is 3. The molecule has 0 aliphatic rings. The van der Waals surface area contributed by atoms with E-state index in [1.807, 2.05) is 0 Å². The molecule has 3 N–H and O–H groups in total.